The topological polar surface area (TPSA) is 109 Å². The predicted molar refractivity (Wildman–Crippen MR) is 130 cm³/mol. The number of aryl methyl sites for hydroxylation is 2. The number of rotatable bonds is 6. The largest absolute Gasteiger partial charge is 0.455 e. The number of hydrogen-bond acceptors (Lipinski definition) is 7. The molecular formula is C26H23N5O3. The minimum atomic E-state index is -0.556. The van der Waals surface area contributed by atoms with Gasteiger partial charge in [-0.05, 0) is 67.9 Å². The molecule has 3 N–H and O–H groups in total. The first-order valence-corrected chi connectivity index (χ1v) is 10.6. The molecule has 0 spiro atoms. The van der Waals surface area contributed by atoms with Gasteiger partial charge in [-0.15, -0.1) is 0 Å². The highest BCUT2D eigenvalue weighted by molar-refractivity contribution is 5.91. The summed E-state index contributed by atoms with van der Waals surface area (Å²) in [6.07, 6.45) is 3.21. The minimum absolute atomic E-state index is 0.153. The van der Waals surface area contributed by atoms with Crippen molar-refractivity contribution >= 4 is 28.3 Å². The second kappa shape index (κ2) is 10.4. The van der Waals surface area contributed by atoms with Crippen molar-refractivity contribution < 1.29 is 14.6 Å². The van der Waals surface area contributed by atoms with Crippen molar-refractivity contribution in [3.05, 3.63) is 77.9 Å². The second-order valence-electron chi connectivity index (χ2n) is 7.53. The molecule has 34 heavy (non-hydrogen) atoms. The Hall–Kier alpha value is -4.48. The summed E-state index contributed by atoms with van der Waals surface area (Å²) < 4.78 is 5.95. The fourth-order valence-electron chi connectivity index (χ4n) is 3.20. The van der Waals surface area contributed by atoms with E-state index in [9.17, 15) is 4.79 Å². The molecule has 4 rings (SSSR count). The molecule has 0 radical (unpaired) electrons. The van der Waals surface area contributed by atoms with E-state index < -0.39 is 12.5 Å². The summed E-state index contributed by atoms with van der Waals surface area (Å²) in [5.74, 6) is 7.48. The highest BCUT2D eigenvalue weighted by atomic mass is 16.5. The van der Waals surface area contributed by atoms with Gasteiger partial charge in [0, 0.05) is 22.3 Å². The summed E-state index contributed by atoms with van der Waals surface area (Å²) in [6.45, 7) is 3.50. The number of ether oxygens (including phenoxy) is 1. The first kappa shape index (κ1) is 22.7. The molecule has 0 fully saturated rings. The van der Waals surface area contributed by atoms with Crippen molar-refractivity contribution in [2.75, 3.05) is 18.5 Å². The first-order valence-electron chi connectivity index (χ1n) is 10.6. The van der Waals surface area contributed by atoms with Gasteiger partial charge in [0.25, 0.3) is 0 Å². The van der Waals surface area contributed by atoms with E-state index in [1.807, 2.05) is 62.4 Å². The minimum Gasteiger partial charge on any atom is -0.455 e. The molecule has 2 aromatic heterocycles. The van der Waals surface area contributed by atoms with E-state index in [1.54, 1.807) is 6.20 Å². The molecular weight excluding hydrogens is 430 g/mol. The van der Waals surface area contributed by atoms with Crippen LogP contribution >= 0.6 is 0 Å². The summed E-state index contributed by atoms with van der Waals surface area (Å²) in [5, 5.41) is 15.4. The number of aliphatic hydroxyl groups excluding tert-OH is 1. The number of benzene rings is 2. The molecule has 2 heterocycles. The van der Waals surface area contributed by atoms with Gasteiger partial charge in [0.2, 0.25) is 5.91 Å². The van der Waals surface area contributed by atoms with Gasteiger partial charge in [0.1, 0.15) is 30.3 Å². The fourth-order valence-corrected chi connectivity index (χ4v) is 3.20. The van der Waals surface area contributed by atoms with Crippen LogP contribution in [-0.4, -0.2) is 39.1 Å². The van der Waals surface area contributed by atoms with Crippen molar-refractivity contribution in [3.63, 3.8) is 0 Å². The molecule has 0 aliphatic rings. The summed E-state index contributed by atoms with van der Waals surface area (Å²) >= 11 is 0. The van der Waals surface area contributed by atoms with Gasteiger partial charge in [-0.1, -0.05) is 11.8 Å². The van der Waals surface area contributed by atoms with Gasteiger partial charge < -0.3 is 20.5 Å². The van der Waals surface area contributed by atoms with Crippen LogP contribution in [-0.2, 0) is 4.79 Å². The number of anilines is 2. The molecule has 0 unspecified atom stereocenters. The summed E-state index contributed by atoms with van der Waals surface area (Å²) in [6, 6.07) is 15.2. The van der Waals surface area contributed by atoms with E-state index in [0.29, 0.717) is 11.6 Å². The highest BCUT2D eigenvalue weighted by Gasteiger charge is 2.08. The van der Waals surface area contributed by atoms with Crippen molar-refractivity contribution in [1.29, 1.82) is 0 Å². The van der Waals surface area contributed by atoms with Gasteiger partial charge in [-0.3, -0.25) is 9.78 Å². The number of carbonyl (C=O) groups excluding carboxylic acids is 1. The van der Waals surface area contributed by atoms with Crippen LogP contribution in [0.5, 0.6) is 11.5 Å². The fraction of sp³-hybridized carbons (Fsp3) is 0.154. The van der Waals surface area contributed by atoms with Crippen LogP contribution in [0.3, 0.4) is 0 Å². The molecule has 0 saturated heterocycles. The Bertz CT molecular complexity index is 1390. The van der Waals surface area contributed by atoms with Crippen LogP contribution in [0.2, 0.25) is 0 Å². The number of fused-ring (bicyclic) bond motifs is 1. The number of amides is 1. The van der Waals surface area contributed by atoms with E-state index in [0.717, 1.165) is 39.2 Å². The number of aliphatic hydroxyl groups is 1. The SMILES string of the molecule is Cc1ccc(Oc2ccc(Nc3ncnc4ccc(C#CCNC(=O)CO)cc34)cc2C)cn1. The maximum absolute atomic E-state index is 11.1. The van der Waals surface area contributed by atoms with Gasteiger partial charge in [0.05, 0.1) is 18.3 Å². The van der Waals surface area contributed by atoms with E-state index in [2.05, 4.69) is 37.4 Å². The van der Waals surface area contributed by atoms with Crippen molar-refractivity contribution in [3.8, 4) is 23.3 Å². The zero-order valence-electron chi connectivity index (χ0n) is 18.8. The average molecular weight is 454 g/mol. The zero-order chi connectivity index (χ0) is 23.9. The molecule has 4 aromatic rings. The van der Waals surface area contributed by atoms with Crippen LogP contribution in [0.4, 0.5) is 11.5 Å². The lowest BCUT2D eigenvalue weighted by Crippen LogP contribution is -2.26. The number of hydrogen-bond donors (Lipinski definition) is 3. The number of carbonyl (C=O) groups is 1. The molecule has 0 saturated carbocycles. The summed E-state index contributed by atoms with van der Waals surface area (Å²) in [4.78, 5) is 24.1. The van der Waals surface area contributed by atoms with Crippen molar-refractivity contribution in [2.45, 2.75) is 13.8 Å². The maximum atomic E-state index is 11.1. The Labute approximate surface area is 197 Å². The maximum Gasteiger partial charge on any atom is 0.246 e. The quantitative estimate of drug-likeness (QED) is 0.383. The van der Waals surface area contributed by atoms with E-state index >= 15 is 0 Å². The molecule has 8 heteroatoms. The highest BCUT2D eigenvalue weighted by Crippen LogP contribution is 2.29. The Balaban J connectivity index is 1.53. The molecule has 0 atom stereocenters. The molecule has 1 amide bonds. The normalized spacial score (nSPS) is 10.3. The molecule has 2 aromatic carbocycles. The number of aromatic nitrogens is 3. The third-order valence-electron chi connectivity index (χ3n) is 4.94. The molecule has 8 nitrogen and oxygen atoms in total. The van der Waals surface area contributed by atoms with E-state index in [-0.39, 0.29) is 6.54 Å². The van der Waals surface area contributed by atoms with Gasteiger partial charge in [0.15, 0.2) is 0 Å². The van der Waals surface area contributed by atoms with Crippen LogP contribution in [0.25, 0.3) is 10.9 Å². The van der Waals surface area contributed by atoms with Crippen LogP contribution < -0.4 is 15.4 Å². The lowest BCUT2D eigenvalue weighted by Gasteiger charge is -2.12. The van der Waals surface area contributed by atoms with E-state index in [4.69, 9.17) is 9.84 Å². The van der Waals surface area contributed by atoms with Crippen LogP contribution in [0, 0.1) is 25.7 Å². The Morgan fingerprint density at radius 2 is 1.94 bits per heavy atom. The predicted octanol–water partition coefficient (Wildman–Crippen LogP) is 3.64. The Morgan fingerprint density at radius 3 is 2.71 bits per heavy atom. The average Bonchev–Trinajstić information content (AvgIpc) is 2.85. The number of nitrogens with zero attached hydrogens (tertiary/aromatic N) is 3. The Morgan fingerprint density at radius 1 is 1.06 bits per heavy atom. The third-order valence-corrected chi connectivity index (χ3v) is 4.94. The lowest BCUT2D eigenvalue weighted by atomic mass is 10.1. The van der Waals surface area contributed by atoms with Gasteiger partial charge in [-0.2, -0.15) is 0 Å². The number of nitrogens with one attached hydrogen (secondary N) is 2. The lowest BCUT2D eigenvalue weighted by molar-refractivity contribution is -0.123. The second-order valence-corrected chi connectivity index (χ2v) is 7.53. The van der Waals surface area contributed by atoms with Gasteiger partial charge in [-0.25, -0.2) is 9.97 Å². The zero-order valence-corrected chi connectivity index (χ0v) is 18.8. The first-order chi connectivity index (χ1) is 16.5. The van der Waals surface area contributed by atoms with Crippen molar-refractivity contribution in [1.82, 2.24) is 20.3 Å². The Kier molecular flexibility index (Phi) is 6.96. The number of pyridine rings is 1. The molecule has 0 aliphatic heterocycles. The van der Waals surface area contributed by atoms with E-state index in [1.165, 1.54) is 6.33 Å². The van der Waals surface area contributed by atoms with Crippen LogP contribution in [0.15, 0.2) is 61.1 Å². The van der Waals surface area contributed by atoms with Gasteiger partial charge >= 0.3 is 0 Å². The summed E-state index contributed by atoms with van der Waals surface area (Å²) in [7, 11) is 0. The summed E-state index contributed by atoms with van der Waals surface area (Å²) in [5.41, 5.74) is 4.29. The van der Waals surface area contributed by atoms with Crippen LogP contribution in [0.1, 0.15) is 16.8 Å². The smallest absolute Gasteiger partial charge is 0.246 e. The standard InChI is InChI=1S/C26H23N5O3/c1-17-12-20(7-10-24(17)34-21-8-5-18(2)28-14-21)31-26-22-13-19(4-3-11-27-25(33)15-32)6-9-23(22)29-16-30-26/h5-10,12-14,16,32H,11,15H2,1-2H3,(H,27,33)(H,29,30,31). The molecule has 0 aliphatic carbocycles. The molecule has 170 valence electrons. The van der Waals surface area contributed by atoms with Crippen molar-refractivity contribution in [2.24, 2.45) is 0 Å². The molecule has 0 bridgehead atoms. The monoisotopic (exact) mass is 453 g/mol. The third kappa shape index (κ3) is 5.65.